The predicted molar refractivity (Wildman–Crippen MR) is 109 cm³/mol. The van der Waals surface area contributed by atoms with Gasteiger partial charge in [-0.2, -0.15) is 18.3 Å². The van der Waals surface area contributed by atoms with E-state index in [1.165, 1.54) is 24.5 Å². The van der Waals surface area contributed by atoms with Gasteiger partial charge in [0.2, 0.25) is 0 Å². The van der Waals surface area contributed by atoms with Crippen molar-refractivity contribution >= 4 is 23.5 Å². The van der Waals surface area contributed by atoms with Crippen molar-refractivity contribution in [1.82, 2.24) is 15.1 Å². The van der Waals surface area contributed by atoms with Crippen molar-refractivity contribution in [1.29, 1.82) is 0 Å². The zero-order valence-electron chi connectivity index (χ0n) is 17.4. The number of furan rings is 1. The maximum atomic E-state index is 13.5. The van der Waals surface area contributed by atoms with Crippen LogP contribution in [0.3, 0.4) is 0 Å². The molecule has 1 aliphatic heterocycles. The molecule has 0 bridgehead atoms. The number of carboxylic acid groups (broad SMARTS) is 2. The Bertz CT molecular complexity index is 1220. The predicted octanol–water partition coefficient (Wildman–Crippen LogP) is 1.54. The first kappa shape index (κ1) is 23.8. The molecule has 8 nitrogen and oxygen atoms in total. The minimum Gasteiger partial charge on any atom is -0.550 e. The molecule has 12 heteroatoms. The highest BCUT2D eigenvalue weighted by Gasteiger charge is 2.37. The van der Waals surface area contributed by atoms with Crippen molar-refractivity contribution in [2.24, 2.45) is 5.92 Å². The fourth-order valence-electron chi connectivity index (χ4n) is 4.26. The highest BCUT2D eigenvalue weighted by atomic mass is 35.5. The van der Waals surface area contributed by atoms with Gasteiger partial charge in [0.15, 0.2) is 11.5 Å². The quantitative estimate of drug-likeness (QED) is 0.550. The number of fused-ring (bicyclic) bond motifs is 1. The number of rotatable bonds is 6. The van der Waals surface area contributed by atoms with Gasteiger partial charge in [-0.3, -0.25) is 0 Å². The second-order valence-electron chi connectivity index (χ2n) is 7.83. The van der Waals surface area contributed by atoms with Gasteiger partial charge in [-0.1, -0.05) is 17.7 Å². The van der Waals surface area contributed by atoms with Crippen molar-refractivity contribution in [3.05, 3.63) is 58.4 Å². The Morgan fingerprint density at radius 2 is 2.06 bits per heavy atom. The molecule has 2 unspecified atom stereocenters. The standard InChI is InChI=1S/C22H19ClF3N3O5/c23-15-4-3-11-12(5-6-27-10-14(11)13(21(32)33)8-19(30)31)20(15)29-16(17-2-1-7-34-17)9-18(28-29)22(24,25)26/h1-4,7,9,13-14,27H,5-6,8,10H2,(H,30,31)(H,32,33)/p-2. The van der Waals surface area contributed by atoms with Gasteiger partial charge in [0.25, 0.3) is 0 Å². The van der Waals surface area contributed by atoms with E-state index < -0.39 is 42.1 Å². The van der Waals surface area contributed by atoms with E-state index in [2.05, 4.69) is 10.4 Å². The van der Waals surface area contributed by atoms with Gasteiger partial charge in [-0.15, -0.1) is 0 Å². The number of carboxylic acids is 2. The van der Waals surface area contributed by atoms with E-state index in [0.29, 0.717) is 17.7 Å². The number of carbonyl (C=O) groups is 2. The SMILES string of the molecule is O=C([O-])CC(C(=O)[O-])C1CNCCc2c1ccc(Cl)c2-n1nc(C(F)(F)F)cc1-c1ccco1. The monoisotopic (exact) mass is 495 g/mol. The van der Waals surface area contributed by atoms with Crippen LogP contribution in [0.1, 0.15) is 29.2 Å². The normalized spacial score (nSPS) is 17.1. The van der Waals surface area contributed by atoms with Crippen LogP contribution in [0.25, 0.3) is 17.1 Å². The third-order valence-corrected chi connectivity index (χ3v) is 6.05. The first-order valence-corrected chi connectivity index (χ1v) is 10.6. The first-order valence-electron chi connectivity index (χ1n) is 10.2. The third-order valence-electron chi connectivity index (χ3n) is 5.75. The molecule has 1 aromatic carbocycles. The molecule has 0 saturated carbocycles. The number of alkyl halides is 3. The molecule has 0 saturated heterocycles. The van der Waals surface area contributed by atoms with E-state index in [0.717, 1.165) is 10.7 Å². The largest absolute Gasteiger partial charge is 0.550 e. The molecule has 0 aliphatic carbocycles. The lowest BCUT2D eigenvalue weighted by Gasteiger charge is -2.29. The van der Waals surface area contributed by atoms with Crippen LogP contribution in [-0.2, 0) is 22.2 Å². The van der Waals surface area contributed by atoms with E-state index in [1.54, 1.807) is 6.07 Å². The lowest BCUT2D eigenvalue weighted by Crippen LogP contribution is -2.41. The van der Waals surface area contributed by atoms with Gasteiger partial charge < -0.3 is 29.5 Å². The second kappa shape index (κ2) is 9.15. The molecule has 1 N–H and O–H groups in total. The molecule has 180 valence electrons. The van der Waals surface area contributed by atoms with Crippen LogP contribution in [0.4, 0.5) is 13.2 Å². The van der Waals surface area contributed by atoms with Crippen LogP contribution in [0.15, 0.2) is 41.0 Å². The summed E-state index contributed by atoms with van der Waals surface area (Å²) < 4.78 is 46.9. The van der Waals surface area contributed by atoms with Gasteiger partial charge in [0.05, 0.1) is 17.0 Å². The van der Waals surface area contributed by atoms with Crippen LogP contribution in [-0.4, -0.2) is 34.8 Å². The summed E-state index contributed by atoms with van der Waals surface area (Å²) in [6.07, 6.45) is -3.96. The zero-order valence-corrected chi connectivity index (χ0v) is 18.2. The van der Waals surface area contributed by atoms with E-state index in [9.17, 15) is 33.0 Å². The summed E-state index contributed by atoms with van der Waals surface area (Å²) in [5.41, 5.74) is -0.181. The molecule has 2 atom stereocenters. The third kappa shape index (κ3) is 4.53. The lowest BCUT2D eigenvalue weighted by atomic mass is 9.81. The Morgan fingerprint density at radius 1 is 1.29 bits per heavy atom. The molecule has 0 radical (unpaired) electrons. The van der Waals surface area contributed by atoms with Crippen LogP contribution in [0, 0.1) is 5.92 Å². The maximum Gasteiger partial charge on any atom is 0.435 e. The molecular formula is C22H17ClF3N3O5-2. The Kier molecular flexibility index (Phi) is 6.41. The Morgan fingerprint density at radius 3 is 2.68 bits per heavy atom. The number of carbonyl (C=O) groups excluding carboxylic acids is 2. The number of benzene rings is 1. The molecule has 0 amide bonds. The Balaban J connectivity index is 1.95. The van der Waals surface area contributed by atoms with Crippen molar-refractivity contribution in [3.8, 4) is 17.1 Å². The van der Waals surface area contributed by atoms with E-state index in [4.69, 9.17) is 16.0 Å². The van der Waals surface area contributed by atoms with Gasteiger partial charge in [0, 0.05) is 36.4 Å². The van der Waals surface area contributed by atoms with Crippen LogP contribution >= 0.6 is 11.6 Å². The number of hydrogen-bond donors (Lipinski definition) is 1. The number of nitrogens with one attached hydrogen (secondary N) is 1. The fraction of sp³-hybridized carbons (Fsp3) is 0.318. The smallest absolute Gasteiger partial charge is 0.435 e. The molecular weight excluding hydrogens is 479 g/mol. The average Bonchev–Trinajstić information content (AvgIpc) is 3.38. The van der Waals surface area contributed by atoms with Crippen LogP contribution < -0.4 is 15.5 Å². The summed E-state index contributed by atoms with van der Waals surface area (Å²) in [7, 11) is 0. The number of hydrogen-bond acceptors (Lipinski definition) is 7. The number of nitrogens with zero attached hydrogens (tertiary/aromatic N) is 2. The minimum atomic E-state index is -4.75. The topological polar surface area (TPSA) is 123 Å². The molecule has 34 heavy (non-hydrogen) atoms. The van der Waals surface area contributed by atoms with E-state index in [1.807, 2.05) is 0 Å². The highest BCUT2D eigenvalue weighted by molar-refractivity contribution is 6.32. The molecule has 3 heterocycles. The summed E-state index contributed by atoms with van der Waals surface area (Å²) >= 11 is 6.45. The van der Waals surface area contributed by atoms with Gasteiger partial charge in [0.1, 0.15) is 5.69 Å². The minimum absolute atomic E-state index is 0.00688. The van der Waals surface area contributed by atoms with E-state index in [-0.39, 0.29) is 35.1 Å². The summed E-state index contributed by atoms with van der Waals surface area (Å²) in [5.74, 6) is -5.31. The fourth-order valence-corrected chi connectivity index (χ4v) is 4.52. The number of aliphatic carboxylic acids is 2. The van der Waals surface area contributed by atoms with Crippen molar-refractivity contribution in [3.63, 3.8) is 0 Å². The maximum absolute atomic E-state index is 13.5. The molecule has 4 rings (SSSR count). The van der Waals surface area contributed by atoms with Gasteiger partial charge in [-0.25, -0.2) is 4.68 Å². The van der Waals surface area contributed by atoms with Crippen molar-refractivity contribution in [2.75, 3.05) is 13.1 Å². The molecule has 1 aliphatic rings. The summed E-state index contributed by atoms with van der Waals surface area (Å²) in [6.45, 7) is 0.448. The van der Waals surface area contributed by atoms with Crippen LogP contribution in [0.2, 0.25) is 5.02 Å². The average molecular weight is 496 g/mol. The molecule has 2 aromatic heterocycles. The number of aromatic nitrogens is 2. The first-order chi connectivity index (χ1) is 16.1. The highest BCUT2D eigenvalue weighted by Crippen LogP contribution is 2.40. The van der Waals surface area contributed by atoms with Gasteiger partial charge in [-0.05, 0) is 48.7 Å². The zero-order chi connectivity index (χ0) is 24.6. The lowest BCUT2D eigenvalue weighted by molar-refractivity contribution is -0.321. The van der Waals surface area contributed by atoms with E-state index >= 15 is 0 Å². The van der Waals surface area contributed by atoms with Crippen molar-refractivity contribution in [2.45, 2.75) is 24.9 Å². The molecule has 0 spiro atoms. The Hall–Kier alpha value is -3.31. The summed E-state index contributed by atoms with van der Waals surface area (Å²) in [5, 5.41) is 29.9. The summed E-state index contributed by atoms with van der Waals surface area (Å²) in [4.78, 5) is 23.0. The van der Waals surface area contributed by atoms with Crippen molar-refractivity contribution < 1.29 is 37.4 Å². The number of halogens is 4. The van der Waals surface area contributed by atoms with Crippen LogP contribution in [0.5, 0.6) is 0 Å². The second-order valence-corrected chi connectivity index (χ2v) is 8.23. The molecule has 0 fully saturated rings. The summed E-state index contributed by atoms with van der Waals surface area (Å²) in [6, 6.07) is 6.78. The van der Waals surface area contributed by atoms with Gasteiger partial charge >= 0.3 is 6.18 Å². The molecule has 3 aromatic rings. The Labute approximate surface area is 195 Å².